The van der Waals surface area contributed by atoms with Crippen LogP contribution in [0.3, 0.4) is 0 Å². The molecule has 3 rings (SSSR count). The predicted molar refractivity (Wildman–Crippen MR) is 65.9 cm³/mol. The molecule has 0 aromatic carbocycles. The Morgan fingerprint density at radius 2 is 2.31 bits per heavy atom. The molecular weight excluding hydrogens is 198 g/mol. The van der Waals surface area contributed by atoms with Gasteiger partial charge in [0.2, 0.25) is 0 Å². The Morgan fingerprint density at radius 3 is 2.81 bits per heavy atom. The first-order valence-electron chi connectivity index (χ1n) is 6.20. The molecule has 86 valence electrons. The normalized spacial score (nSPS) is 28.1. The van der Waals surface area contributed by atoms with E-state index < -0.39 is 0 Å². The van der Waals surface area contributed by atoms with Crippen molar-refractivity contribution in [2.24, 2.45) is 0 Å². The Balaban J connectivity index is 1.80. The van der Waals surface area contributed by atoms with Crippen molar-refractivity contribution in [1.82, 2.24) is 10.3 Å². The molecule has 3 heterocycles. The van der Waals surface area contributed by atoms with E-state index in [1.807, 2.05) is 6.20 Å². The van der Waals surface area contributed by atoms with E-state index in [-0.39, 0.29) is 0 Å². The average Bonchev–Trinajstić information content (AvgIpc) is 2.91. The fourth-order valence-corrected chi connectivity index (χ4v) is 2.79. The maximum Gasteiger partial charge on any atom is 0.0556 e. The van der Waals surface area contributed by atoms with Crippen LogP contribution in [0.1, 0.15) is 31.9 Å². The Bertz CT molecular complexity index is 371. The summed E-state index contributed by atoms with van der Waals surface area (Å²) in [6, 6.07) is 5.79. The summed E-state index contributed by atoms with van der Waals surface area (Å²) in [5.41, 5.74) is 2.48. The predicted octanol–water partition coefficient (Wildman–Crippen LogP) is 1.76. The van der Waals surface area contributed by atoms with Crippen molar-refractivity contribution in [2.75, 3.05) is 18.0 Å². The van der Waals surface area contributed by atoms with Crippen molar-refractivity contribution in [3.8, 4) is 0 Å². The molecule has 2 saturated heterocycles. The molecular formula is C13H19N3. The third-order valence-corrected chi connectivity index (χ3v) is 3.75. The van der Waals surface area contributed by atoms with E-state index >= 15 is 0 Å². The summed E-state index contributed by atoms with van der Waals surface area (Å²) in [5, 5.41) is 3.52. The second kappa shape index (κ2) is 3.74. The summed E-state index contributed by atoms with van der Waals surface area (Å²) in [4.78, 5) is 7.04. The van der Waals surface area contributed by atoms with Gasteiger partial charge in [0.15, 0.2) is 0 Å². The number of fused-ring (bicyclic) bond motifs is 2. The van der Waals surface area contributed by atoms with Crippen molar-refractivity contribution in [3.05, 3.63) is 24.0 Å². The lowest BCUT2D eigenvalue weighted by Gasteiger charge is -2.29. The van der Waals surface area contributed by atoms with E-state index in [0.717, 1.165) is 13.1 Å². The molecule has 1 aromatic rings. The smallest absolute Gasteiger partial charge is 0.0556 e. The molecule has 0 aliphatic carbocycles. The third-order valence-electron chi connectivity index (χ3n) is 3.75. The topological polar surface area (TPSA) is 28.2 Å². The van der Waals surface area contributed by atoms with E-state index in [1.165, 1.54) is 17.8 Å². The van der Waals surface area contributed by atoms with Gasteiger partial charge in [-0.25, -0.2) is 0 Å². The maximum absolute atomic E-state index is 4.54. The summed E-state index contributed by atoms with van der Waals surface area (Å²) in [7, 11) is 0. The van der Waals surface area contributed by atoms with E-state index in [1.54, 1.807) is 0 Å². The molecule has 0 saturated carbocycles. The molecule has 0 unspecified atom stereocenters. The zero-order valence-corrected chi connectivity index (χ0v) is 9.98. The minimum absolute atomic E-state index is 0.519. The zero-order valence-electron chi connectivity index (χ0n) is 9.98. The number of hydrogen-bond acceptors (Lipinski definition) is 3. The summed E-state index contributed by atoms with van der Waals surface area (Å²) in [6.45, 7) is 6.65. The first kappa shape index (κ1) is 10.1. The number of aromatic nitrogens is 1. The Hall–Kier alpha value is -1.09. The molecule has 0 radical (unpaired) electrons. The van der Waals surface area contributed by atoms with Crippen LogP contribution < -0.4 is 10.2 Å². The molecule has 2 fully saturated rings. The molecule has 3 heteroatoms. The SMILES string of the molecule is CC(C)c1ccc(N2C[C@H]3C[C@@H]2CN3)cn1. The van der Waals surface area contributed by atoms with E-state index in [4.69, 9.17) is 0 Å². The van der Waals surface area contributed by atoms with Crippen LogP contribution in [0, 0.1) is 0 Å². The zero-order chi connectivity index (χ0) is 11.1. The van der Waals surface area contributed by atoms with Crippen molar-refractivity contribution in [2.45, 2.75) is 38.3 Å². The van der Waals surface area contributed by atoms with Gasteiger partial charge in [-0.1, -0.05) is 13.8 Å². The first-order valence-corrected chi connectivity index (χ1v) is 6.20. The number of nitrogens with zero attached hydrogens (tertiary/aromatic N) is 2. The lowest BCUT2D eigenvalue weighted by Crippen LogP contribution is -2.43. The highest BCUT2D eigenvalue weighted by Gasteiger charge is 2.37. The van der Waals surface area contributed by atoms with Crippen LogP contribution >= 0.6 is 0 Å². The summed E-state index contributed by atoms with van der Waals surface area (Å²) in [6.07, 6.45) is 3.34. The highest BCUT2D eigenvalue weighted by molar-refractivity contribution is 5.48. The number of rotatable bonds is 2. The number of piperazine rings is 1. The molecule has 1 aromatic heterocycles. The van der Waals surface area contributed by atoms with Gasteiger partial charge >= 0.3 is 0 Å². The Kier molecular flexibility index (Phi) is 2.36. The first-order chi connectivity index (χ1) is 7.74. The molecule has 1 N–H and O–H groups in total. The van der Waals surface area contributed by atoms with Crippen molar-refractivity contribution in [3.63, 3.8) is 0 Å². The van der Waals surface area contributed by atoms with Crippen LogP contribution in [0.5, 0.6) is 0 Å². The van der Waals surface area contributed by atoms with Gasteiger partial charge in [-0.3, -0.25) is 4.98 Å². The second-order valence-electron chi connectivity index (χ2n) is 5.24. The van der Waals surface area contributed by atoms with Crippen molar-refractivity contribution in [1.29, 1.82) is 0 Å². The van der Waals surface area contributed by atoms with E-state index in [9.17, 15) is 0 Å². The van der Waals surface area contributed by atoms with Crippen molar-refractivity contribution < 1.29 is 0 Å². The Labute approximate surface area is 96.9 Å². The monoisotopic (exact) mass is 217 g/mol. The molecule has 2 aliphatic rings. The minimum atomic E-state index is 0.519. The highest BCUT2D eigenvalue weighted by atomic mass is 15.3. The molecule has 3 nitrogen and oxygen atoms in total. The fraction of sp³-hybridized carbons (Fsp3) is 0.615. The molecule has 0 spiro atoms. The van der Waals surface area contributed by atoms with Gasteiger partial charge in [-0.2, -0.15) is 0 Å². The molecule has 2 atom stereocenters. The molecule has 16 heavy (non-hydrogen) atoms. The van der Waals surface area contributed by atoms with Crippen LogP contribution in [0.25, 0.3) is 0 Å². The van der Waals surface area contributed by atoms with Gasteiger partial charge in [0.05, 0.1) is 11.9 Å². The van der Waals surface area contributed by atoms with Crippen LogP contribution in [0.4, 0.5) is 5.69 Å². The van der Waals surface area contributed by atoms with E-state index in [2.05, 4.69) is 41.2 Å². The third kappa shape index (κ3) is 1.59. The van der Waals surface area contributed by atoms with Gasteiger partial charge in [0.25, 0.3) is 0 Å². The summed E-state index contributed by atoms with van der Waals surface area (Å²) in [5.74, 6) is 0.519. The summed E-state index contributed by atoms with van der Waals surface area (Å²) < 4.78 is 0. The minimum Gasteiger partial charge on any atom is -0.364 e. The Morgan fingerprint density at radius 1 is 1.44 bits per heavy atom. The van der Waals surface area contributed by atoms with Crippen molar-refractivity contribution >= 4 is 5.69 Å². The molecule has 2 bridgehead atoms. The van der Waals surface area contributed by atoms with E-state index in [0.29, 0.717) is 18.0 Å². The van der Waals surface area contributed by atoms with Crippen LogP contribution in [0.15, 0.2) is 18.3 Å². The number of hydrogen-bond donors (Lipinski definition) is 1. The lowest BCUT2D eigenvalue weighted by atomic mass is 10.1. The maximum atomic E-state index is 4.54. The fourth-order valence-electron chi connectivity index (χ4n) is 2.79. The van der Waals surface area contributed by atoms with Gasteiger partial charge < -0.3 is 10.2 Å². The summed E-state index contributed by atoms with van der Waals surface area (Å²) >= 11 is 0. The standard InChI is InChI=1S/C13H19N3/c1-9(2)13-4-3-11(6-15-13)16-8-10-5-12(16)7-14-10/h3-4,6,9-10,12,14H,5,7-8H2,1-2H3/t10-,12-/m1/s1. The quantitative estimate of drug-likeness (QED) is 0.818. The van der Waals surface area contributed by atoms with Crippen LogP contribution in [0.2, 0.25) is 0 Å². The number of pyridine rings is 1. The largest absolute Gasteiger partial charge is 0.364 e. The second-order valence-corrected chi connectivity index (χ2v) is 5.24. The number of anilines is 1. The van der Waals surface area contributed by atoms with Crippen LogP contribution in [-0.2, 0) is 0 Å². The molecule has 2 aliphatic heterocycles. The van der Waals surface area contributed by atoms with Gasteiger partial charge in [-0.05, 0) is 24.5 Å². The highest BCUT2D eigenvalue weighted by Crippen LogP contribution is 2.29. The van der Waals surface area contributed by atoms with Gasteiger partial charge in [0.1, 0.15) is 0 Å². The average molecular weight is 217 g/mol. The van der Waals surface area contributed by atoms with Gasteiger partial charge in [0, 0.05) is 30.9 Å². The molecule has 0 amide bonds. The lowest BCUT2D eigenvalue weighted by molar-refractivity contribution is 0.579. The van der Waals surface area contributed by atoms with Gasteiger partial charge in [-0.15, -0.1) is 0 Å². The van der Waals surface area contributed by atoms with Crippen LogP contribution in [-0.4, -0.2) is 30.2 Å². The number of nitrogens with one attached hydrogen (secondary N) is 1.